The maximum Gasteiger partial charge on any atom is 0.164 e. The molecule has 12 aromatic carbocycles. The van der Waals surface area contributed by atoms with E-state index in [-0.39, 0.29) is 0 Å². The van der Waals surface area contributed by atoms with Gasteiger partial charge in [0.15, 0.2) is 23.1 Å². The van der Waals surface area contributed by atoms with Crippen molar-refractivity contribution in [1.29, 1.82) is 0 Å². The normalized spacial score (nSPS) is 11.7. The summed E-state index contributed by atoms with van der Waals surface area (Å²) >= 11 is 0. The first-order chi connectivity index (χ1) is 40.2. The van der Waals surface area contributed by atoms with Crippen LogP contribution in [0.3, 0.4) is 0 Å². The summed E-state index contributed by atoms with van der Waals surface area (Å²) in [6.07, 6.45) is 0. The standard InChI is InChI=1S/C75H47N5O/c1-6-20-48(21-7-1)50-34-38-54(39-35-50)73-76-74(55-40-36-51(37-41-55)49-22-8-2-9-23-49)78-75(77-73)56-46-63(52-24-10-3-11-25-52)69(64(47-56)53-26-12-4-13-27-53)80-66-33-19-17-31-62(66)68-67(80)45-44-60-61-43-42-59-58-30-16-18-32-65(58)79(57-28-14-5-15-29-57)70(59)72(61)81-71(60)68/h1-47H. The Morgan fingerprint density at radius 2 is 0.654 bits per heavy atom. The van der Waals surface area contributed by atoms with Crippen LogP contribution in [0, 0.1) is 0 Å². The molecule has 0 amide bonds. The van der Waals surface area contributed by atoms with Crippen molar-refractivity contribution in [2.75, 3.05) is 0 Å². The van der Waals surface area contributed by atoms with Crippen molar-refractivity contribution in [2.45, 2.75) is 0 Å². The molecule has 0 saturated heterocycles. The van der Waals surface area contributed by atoms with E-state index in [1.807, 2.05) is 12.1 Å². The molecule has 0 aliphatic heterocycles. The molecule has 16 aromatic rings. The third kappa shape index (κ3) is 7.68. The highest BCUT2D eigenvalue weighted by atomic mass is 16.3. The summed E-state index contributed by atoms with van der Waals surface area (Å²) in [7, 11) is 0. The van der Waals surface area contributed by atoms with E-state index in [9.17, 15) is 0 Å². The monoisotopic (exact) mass is 1030 g/mol. The lowest BCUT2D eigenvalue weighted by atomic mass is 9.92. The van der Waals surface area contributed by atoms with Crippen LogP contribution in [0.5, 0.6) is 0 Å². The minimum absolute atomic E-state index is 0.570. The fraction of sp³-hybridized carbons (Fsp3) is 0. The van der Waals surface area contributed by atoms with E-state index in [1.54, 1.807) is 0 Å². The maximum atomic E-state index is 7.43. The van der Waals surface area contributed by atoms with Gasteiger partial charge >= 0.3 is 0 Å². The quantitative estimate of drug-likeness (QED) is 0.145. The Bertz CT molecular complexity index is 4890. The number of hydrogen-bond acceptors (Lipinski definition) is 4. The number of hydrogen-bond donors (Lipinski definition) is 0. The van der Waals surface area contributed by atoms with Crippen LogP contribution in [0.4, 0.5) is 0 Å². The molecule has 378 valence electrons. The van der Waals surface area contributed by atoms with Gasteiger partial charge in [-0.15, -0.1) is 0 Å². The molecule has 6 heteroatoms. The fourth-order valence-corrected chi connectivity index (χ4v) is 12.2. The number of nitrogens with zero attached hydrogens (tertiary/aromatic N) is 5. The average Bonchev–Trinajstić information content (AvgIpc) is 4.27. The predicted molar refractivity (Wildman–Crippen MR) is 334 cm³/mol. The second-order valence-electron chi connectivity index (χ2n) is 20.7. The van der Waals surface area contributed by atoms with E-state index in [1.165, 1.54) is 5.39 Å². The zero-order valence-corrected chi connectivity index (χ0v) is 43.8. The summed E-state index contributed by atoms with van der Waals surface area (Å²) in [6, 6.07) is 101. The highest BCUT2D eigenvalue weighted by molar-refractivity contribution is 6.28. The average molecular weight is 1030 g/mol. The first-order valence-corrected chi connectivity index (χ1v) is 27.4. The van der Waals surface area contributed by atoms with Crippen LogP contribution in [-0.2, 0) is 0 Å². The molecule has 0 unspecified atom stereocenters. The van der Waals surface area contributed by atoms with Gasteiger partial charge in [-0.1, -0.05) is 231 Å². The molecule has 0 saturated carbocycles. The summed E-state index contributed by atoms with van der Waals surface area (Å²) < 4.78 is 12.2. The molecule has 6 nitrogen and oxygen atoms in total. The first-order valence-electron chi connectivity index (χ1n) is 27.4. The van der Waals surface area contributed by atoms with Crippen LogP contribution in [0.1, 0.15) is 0 Å². The minimum atomic E-state index is 0.570. The van der Waals surface area contributed by atoms with Crippen molar-refractivity contribution < 1.29 is 4.42 Å². The van der Waals surface area contributed by atoms with Gasteiger partial charge in [0.1, 0.15) is 5.58 Å². The number of furan rings is 1. The van der Waals surface area contributed by atoms with E-state index in [4.69, 9.17) is 19.4 Å². The molecule has 0 bridgehead atoms. The van der Waals surface area contributed by atoms with Gasteiger partial charge in [-0.25, -0.2) is 15.0 Å². The van der Waals surface area contributed by atoms with Gasteiger partial charge in [0.25, 0.3) is 0 Å². The lowest BCUT2D eigenvalue weighted by molar-refractivity contribution is 0.675. The van der Waals surface area contributed by atoms with Crippen molar-refractivity contribution in [3.63, 3.8) is 0 Å². The van der Waals surface area contributed by atoms with Crippen molar-refractivity contribution >= 4 is 65.6 Å². The van der Waals surface area contributed by atoms with Crippen LogP contribution in [0.25, 0.3) is 156 Å². The first kappa shape index (κ1) is 46.2. The third-order valence-electron chi connectivity index (χ3n) is 16.0. The third-order valence-corrected chi connectivity index (χ3v) is 16.0. The molecular formula is C75H47N5O. The van der Waals surface area contributed by atoms with Crippen LogP contribution in [0.2, 0.25) is 0 Å². The highest BCUT2D eigenvalue weighted by Crippen LogP contribution is 2.48. The van der Waals surface area contributed by atoms with E-state index >= 15 is 0 Å². The SMILES string of the molecule is c1ccc(-c2ccc(-c3nc(-c4ccc(-c5ccccc5)cc4)nc(-c4cc(-c5ccccc5)c(-n5c6ccccc6c6c7oc8c(ccc9c%10ccccc%10n(-c%10ccccc%10)c98)c7ccc65)c(-c5ccccc5)c4)n3)cc2)cc1. The van der Waals surface area contributed by atoms with Crippen molar-refractivity contribution in [3.8, 4) is 90.0 Å². The summed E-state index contributed by atoms with van der Waals surface area (Å²) in [5, 5.41) is 6.64. The lowest BCUT2D eigenvalue weighted by Crippen LogP contribution is -2.04. The molecule has 0 aliphatic rings. The smallest absolute Gasteiger partial charge is 0.164 e. The van der Waals surface area contributed by atoms with Crippen molar-refractivity contribution in [2.24, 2.45) is 0 Å². The molecule has 0 spiro atoms. The Balaban J connectivity index is 0.950. The zero-order chi connectivity index (χ0) is 53.4. The fourth-order valence-electron chi connectivity index (χ4n) is 12.2. The van der Waals surface area contributed by atoms with Crippen LogP contribution in [0.15, 0.2) is 290 Å². The molecule has 0 fully saturated rings. The molecule has 0 aliphatic carbocycles. The Morgan fingerprint density at radius 3 is 1.20 bits per heavy atom. The number of para-hydroxylation sites is 3. The van der Waals surface area contributed by atoms with Gasteiger partial charge < -0.3 is 13.6 Å². The Hall–Kier alpha value is -11.0. The highest BCUT2D eigenvalue weighted by Gasteiger charge is 2.27. The summed E-state index contributed by atoms with van der Waals surface area (Å²) in [6.45, 7) is 0. The van der Waals surface area contributed by atoms with Gasteiger partial charge in [-0.2, -0.15) is 0 Å². The summed E-state index contributed by atoms with van der Waals surface area (Å²) in [5.41, 5.74) is 19.5. The second-order valence-corrected chi connectivity index (χ2v) is 20.7. The van der Waals surface area contributed by atoms with Gasteiger partial charge in [0.2, 0.25) is 0 Å². The van der Waals surface area contributed by atoms with Crippen LogP contribution in [-0.4, -0.2) is 24.1 Å². The van der Waals surface area contributed by atoms with Gasteiger partial charge in [-0.3, -0.25) is 0 Å². The Labute approximate surface area is 466 Å². The number of aromatic nitrogens is 5. The van der Waals surface area contributed by atoms with E-state index in [2.05, 4.69) is 282 Å². The summed E-state index contributed by atoms with van der Waals surface area (Å²) in [5.74, 6) is 1.75. The predicted octanol–water partition coefficient (Wildman–Crippen LogP) is 19.6. The number of benzene rings is 12. The van der Waals surface area contributed by atoms with Crippen LogP contribution < -0.4 is 0 Å². The number of rotatable bonds is 9. The molecular weight excluding hydrogens is 987 g/mol. The Morgan fingerprint density at radius 1 is 0.259 bits per heavy atom. The molecule has 81 heavy (non-hydrogen) atoms. The molecule has 4 heterocycles. The second kappa shape index (κ2) is 18.9. The molecule has 0 radical (unpaired) electrons. The molecule has 16 rings (SSSR count). The van der Waals surface area contributed by atoms with Crippen molar-refractivity contribution in [3.05, 3.63) is 285 Å². The molecule has 4 aromatic heterocycles. The van der Waals surface area contributed by atoms with Crippen LogP contribution >= 0.6 is 0 Å². The Kier molecular flexibility index (Phi) is 10.8. The molecule has 0 N–H and O–H groups in total. The lowest BCUT2D eigenvalue weighted by Gasteiger charge is -2.21. The maximum absolute atomic E-state index is 7.43. The minimum Gasteiger partial charge on any atom is -0.453 e. The topological polar surface area (TPSA) is 61.7 Å². The molecule has 0 atom stereocenters. The van der Waals surface area contributed by atoms with Gasteiger partial charge in [0.05, 0.1) is 33.1 Å². The van der Waals surface area contributed by atoms with Gasteiger partial charge in [0, 0.05) is 60.4 Å². The van der Waals surface area contributed by atoms with E-state index < -0.39 is 0 Å². The van der Waals surface area contributed by atoms with Gasteiger partial charge in [-0.05, 0) is 88.0 Å². The summed E-state index contributed by atoms with van der Waals surface area (Å²) in [4.78, 5) is 16.0. The van der Waals surface area contributed by atoms with E-state index in [0.29, 0.717) is 17.5 Å². The van der Waals surface area contributed by atoms with E-state index in [0.717, 1.165) is 133 Å². The largest absolute Gasteiger partial charge is 0.453 e. The number of fused-ring (bicyclic) bond motifs is 11. The zero-order valence-electron chi connectivity index (χ0n) is 43.8. The van der Waals surface area contributed by atoms with Crippen molar-refractivity contribution in [1.82, 2.24) is 24.1 Å².